The fourth-order valence-electron chi connectivity index (χ4n) is 1.99. The summed E-state index contributed by atoms with van der Waals surface area (Å²) in [6.07, 6.45) is 0. The van der Waals surface area contributed by atoms with Crippen LogP contribution in [0.4, 0.5) is 0 Å². The second kappa shape index (κ2) is 3.01. The SMILES string of the molecule is Cc1nnc2c3nnc(C(=O)O)n3c3nonc3n12. The van der Waals surface area contributed by atoms with E-state index in [0.29, 0.717) is 17.1 Å². The lowest BCUT2D eigenvalue weighted by Crippen LogP contribution is -2.06. The second-order valence-electron chi connectivity index (χ2n) is 3.81. The number of rotatable bonds is 1. The number of carbonyl (C=O) groups is 1. The maximum absolute atomic E-state index is 11.1. The van der Waals surface area contributed by atoms with E-state index in [0.717, 1.165) is 0 Å². The van der Waals surface area contributed by atoms with Crippen molar-refractivity contribution in [2.24, 2.45) is 0 Å². The van der Waals surface area contributed by atoms with Crippen LogP contribution in [0.1, 0.15) is 16.4 Å². The minimum Gasteiger partial charge on any atom is -0.475 e. The molecule has 0 spiro atoms. The highest BCUT2D eigenvalue weighted by Gasteiger charge is 2.23. The normalized spacial score (nSPS) is 11.8. The minimum atomic E-state index is -1.24. The molecule has 0 saturated heterocycles. The third-order valence-corrected chi connectivity index (χ3v) is 2.76. The lowest BCUT2D eigenvalue weighted by molar-refractivity contribution is 0.0682. The molecule has 0 amide bonds. The molecular weight excluding hydrogens is 256 g/mol. The number of hydrogen-bond donors (Lipinski definition) is 1. The van der Waals surface area contributed by atoms with E-state index in [-0.39, 0.29) is 17.1 Å². The van der Waals surface area contributed by atoms with Crippen LogP contribution in [-0.2, 0) is 0 Å². The first-order valence-corrected chi connectivity index (χ1v) is 5.13. The van der Waals surface area contributed by atoms with Gasteiger partial charge in [-0.05, 0) is 17.2 Å². The molecule has 0 atom stereocenters. The molecule has 0 aliphatic carbocycles. The van der Waals surface area contributed by atoms with Crippen molar-refractivity contribution in [3.63, 3.8) is 0 Å². The van der Waals surface area contributed by atoms with E-state index in [2.05, 4.69) is 35.3 Å². The summed E-state index contributed by atoms with van der Waals surface area (Å²) < 4.78 is 7.45. The van der Waals surface area contributed by atoms with Gasteiger partial charge < -0.3 is 5.11 Å². The van der Waals surface area contributed by atoms with E-state index >= 15 is 0 Å². The summed E-state index contributed by atoms with van der Waals surface area (Å²) >= 11 is 0. The number of aryl methyl sites for hydroxylation is 1. The summed E-state index contributed by atoms with van der Waals surface area (Å²) in [6.45, 7) is 1.72. The maximum Gasteiger partial charge on any atom is 0.374 e. The zero-order valence-electron chi connectivity index (χ0n) is 9.34. The molecule has 0 saturated carbocycles. The van der Waals surface area contributed by atoms with Crippen molar-refractivity contribution in [2.75, 3.05) is 0 Å². The smallest absolute Gasteiger partial charge is 0.374 e. The minimum absolute atomic E-state index is 0.188. The first-order chi connectivity index (χ1) is 9.18. The summed E-state index contributed by atoms with van der Waals surface area (Å²) in [7, 11) is 0. The highest BCUT2D eigenvalue weighted by atomic mass is 16.6. The highest BCUT2D eigenvalue weighted by molar-refractivity contribution is 5.89. The Bertz CT molecular complexity index is 942. The average molecular weight is 260 g/mol. The van der Waals surface area contributed by atoms with Gasteiger partial charge in [-0.3, -0.25) is 4.40 Å². The third-order valence-electron chi connectivity index (χ3n) is 2.76. The lowest BCUT2D eigenvalue weighted by atomic mass is 10.5. The Morgan fingerprint density at radius 2 is 1.63 bits per heavy atom. The van der Waals surface area contributed by atoms with E-state index in [1.165, 1.54) is 4.40 Å². The molecule has 11 nitrogen and oxygen atoms in total. The molecular formula is C8H4N8O3. The van der Waals surface area contributed by atoms with Crippen molar-refractivity contribution in [1.29, 1.82) is 0 Å². The molecule has 1 N–H and O–H groups in total. The number of nitrogens with zero attached hydrogens (tertiary/aromatic N) is 8. The third kappa shape index (κ3) is 1.04. The second-order valence-corrected chi connectivity index (χ2v) is 3.81. The fraction of sp³-hybridized carbons (Fsp3) is 0.125. The van der Waals surface area contributed by atoms with Gasteiger partial charge in [0.05, 0.1) is 0 Å². The van der Waals surface area contributed by atoms with Gasteiger partial charge in [0.15, 0.2) is 0 Å². The maximum atomic E-state index is 11.1. The van der Waals surface area contributed by atoms with Crippen molar-refractivity contribution in [3.8, 4) is 0 Å². The largest absolute Gasteiger partial charge is 0.475 e. The molecule has 0 bridgehead atoms. The van der Waals surface area contributed by atoms with Crippen LogP contribution in [0.5, 0.6) is 0 Å². The van der Waals surface area contributed by atoms with Crippen molar-refractivity contribution in [3.05, 3.63) is 11.6 Å². The molecule has 0 unspecified atom stereocenters. The molecule has 0 aliphatic heterocycles. The molecule has 94 valence electrons. The number of aromatic carboxylic acids is 1. The van der Waals surface area contributed by atoms with Crippen LogP contribution in [0.2, 0.25) is 0 Å². The van der Waals surface area contributed by atoms with Gasteiger partial charge in [-0.2, -0.15) is 0 Å². The van der Waals surface area contributed by atoms with Crippen LogP contribution < -0.4 is 0 Å². The van der Waals surface area contributed by atoms with Gasteiger partial charge in [0, 0.05) is 0 Å². The van der Waals surface area contributed by atoms with E-state index in [1.54, 1.807) is 11.3 Å². The summed E-state index contributed by atoms with van der Waals surface area (Å²) in [4.78, 5) is 11.1. The zero-order valence-corrected chi connectivity index (χ0v) is 9.34. The number of carboxylic acid groups (broad SMARTS) is 1. The molecule has 4 rings (SSSR count). The van der Waals surface area contributed by atoms with Crippen LogP contribution in [0.3, 0.4) is 0 Å². The number of aromatic nitrogens is 8. The Hall–Kier alpha value is -3.11. The standard InChI is InChI=1S/C8H4N8O3/c1-2-9-10-3-4-11-12-7(8(17)18)16(4)6-5(15(2)3)13-19-14-6/h1H3,(H,17,18). The summed E-state index contributed by atoms with van der Waals surface area (Å²) in [5.41, 5.74) is 1.04. The van der Waals surface area contributed by atoms with Crippen LogP contribution >= 0.6 is 0 Å². The van der Waals surface area contributed by atoms with Crippen molar-refractivity contribution >= 4 is 28.6 Å². The van der Waals surface area contributed by atoms with Crippen LogP contribution in [0.15, 0.2) is 4.63 Å². The number of carboxylic acids is 1. The van der Waals surface area contributed by atoms with Crippen molar-refractivity contribution < 1.29 is 14.5 Å². The first-order valence-electron chi connectivity index (χ1n) is 5.13. The van der Waals surface area contributed by atoms with Crippen molar-refractivity contribution in [1.82, 2.24) is 39.5 Å². The topological polar surface area (TPSA) is 137 Å². The highest BCUT2D eigenvalue weighted by Crippen LogP contribution is 2.19. The molecule has 19 heavy (non-hydrogen) atoms. The monoisotopic (exact) mass is 260 g/mol. The Labute approximate surface area is 102 Å². The van der Waals surface area contributed by atoms with Crippen LogP contribution in [0, 0.1) is 6.92 Å². The van der Waals surface area contributed by atoms with Gasteiger partial charge in [0.1, 0.15) is 5.82 Å². The Kier molecular flexibility index (Phi) is 1.56. The van der Waals surface area contributed by atoms with Gasteiger partial charge in [-0.25, -0.2) is 13.8 Å². The molecule has 4 aromatic rings. The van der Waals surface area contributed by atoms with E-state index in [9.17, 15) is 4.79 Å². The van der Waals surface area contributed by atoms with Gasteiger partial charge in [-0.1, -0.05) is 0 Å². The van der Waals surface area contributed by atoms with E-state index in [1.807, 2.05) is 0 Å². The van der Waals surface area contributed by atoms with Crippen LogP contribution in [0.25, 0.3) is 22.6 Å². The predicted octanol–water partition coefficient (Wildman–Crippen LogP) is -0.685. The quantitative estimate of drug-likeness (QED) is 0.471. The molecule has 0 aromatic carbocycles. The molecule has 0 fully saturated rings. The molecule has 4 aromatic heterocycles. The molecule has 4 heterocycles. The van der Waals surface area contributed by atoms with Crippen molar-refractivity contribution in [2.45, 2.75) is 6.92 Å². The van der Waals surface area contributed by atoms with E-state index < -0.39 is 5.97 Å². The van der Waals surface area contributed by atoms with Gasteiger partial charge in [0.25, 0.3) is 0 Å². The summed E-state index contributed by atoms with van der Waals surface area (Å²) in [6, 6.07) is 0. The Morgan fingerprint density at radius 3 is 2.37 bits per heavy atom. The van der Waals surface area contributed by atoms with Gasteiger partial charge in [0.2, 0.25) is 28.4 Å². The number of hydrogen-bond acceptors (Lipinski definition) is 8. The summed E-state index contributed by atoms with van der Waals surface area (Å²) in [5, 5.41) is 31.8. The Morgan fingerprint density at radius 1 is 1.00 bits per heavy atom. The first kappa shape index (κ1) is 9.87. The fourth-order valence-corrected chi connectivity index (χ4v) is 1.99. The van der Waals surface area contributed by atoms with Gasteiger partial charge >= 0.3 is 5.97 Å². The van der Waals surface area contributed by atoms with Crippen LogP contribution in [-0.4, -0.2) is 50.6 Å². The lowest BCUT2D eigenvalue weighted by Gasteiger charge is -1.98. The zero-order chi connectivity index (χ0) is 13.1. The molecule has 0 radical (unpaired) electrons. The summed E-state index contributed by atoms with van der Waals surface area (Å²) in [5.74, 6) is -0.977. The van der Waals surface area contributed by atoms with E-state index in [4.69, 9.17) is 5.11 Å². The average Bonchev–Trinajstić information content (AvgIpc) is 3.03. The molecule has 0 aliphatic rings. The number of fused-ring (bicyclic) bond motifs is 6. The Balaban J connectivity index is 2.41. The van der Waals surface area contributed by atoms with Gasteiger partial charge in [-0.15, -0.1) is 20.4 Å². The predicted molar refractivity (Wildman–Crippen MR) is 56.6 cm³/mol. The molecule has 11 heteroatoms.